The fourth-order valence-electron chi connectivity index (χ4n) is 2.45. The minimum atomic E-state index is 0.864. The zero-order chi connectivity index (χ0) is 13.6. The van der Waals surface area contributed by atoms with Crippen LogP contribution in [0.15, 0.2) is 24.8 Å². The van der Waals surface area contributed by atoms with E-state index in [-0.39, 0.29) is 0 Å². The average molecular weight is 251 g/mol. The van der Waals surface area contributed by atoms with Crippen LogP contribution in [0.5, 0.6) is 0 Å². The lowest BCUT2D eigenvalue weighted by molar-refractivity contribution is 1.22. The highest BCUT2D eigenvalue weighted by Crippen LogP contribution is 2.25. The average Bonchev–Trinajstić information content (AvgIpc) is 2.88. The fourth-order valence-corrected chi connectivity index (χ4v) is 2.45. The lowest BCUT2D eigenvalue weighted by Crippen LogP contribution is -1.88. The molecule has 1 aromatic carbocycles. The maximum Gasteiger partial charge on any atom is 0.213 e. The molecule has 0 radical (unpaired) electrons. The van der Waals surface area contributed by atoms with Crippen molar-refractivity contribution in [3.05, 3.63) is 47.3 Å². The third kappa shape index (κ3) is 1.62. The number of aromatic nitrogens is 3. The van der Waals surface area contributed by atoms with Crippen molar-refractivity contribution in [2.45, 2.75) is 20.8 Å². The molecule has 2 heterocycles. The van der Waals surface area contributed by atoms with Crippen LogP contribution in [-0.2, 0) is 0 Å². The van der Waals surface area contributed by atoms with Crippen LogP contribution in [0.4, 0.5) is 0 Å². The summed E-state index contributed by atoms with van der Waals surface area (Å²) in [5.74, 6) is 0.864. The second-order valence-corrected chi connectivity index (χ2v) is 4.82. The Bertz CT molecular complexity index is 816. The number of hydrogen-bond donors (Lipinski definition) is 1. The zero-order valence-electron chi connectivity index (χ0n) is 11.5. The summed E-state index contributed by atoms with van der Waals surface area (Å²) in [6.07, 6.45) is 5.89. The summed E-state index contributed by atoms with van der Waals surface area (Å²) in [6.45, 7) is 10.1. The molecule has 3 heteroatoms. The molecule has 96 valence electrons. The highest BCUT2D eigenvalue weighted by molar-refractivity contribution is 5.84. The van der Waals surface area contributed by atoms with Crippen LogP contribution in [-0.4, -0.2) is 14.4 Å². The van der Waals surface area contributed by atoms with Gasteiger partial charge in [-0.3, -0.25) is 4.40 Å². The molecule has 0 aliphatic rings. The molecule has 1 N–H and O–H groups in total. The smallest absolute Gasteiger partial charge is 0.213 e. The molecule has 0 fully saturated rings. The van der Waals surface area contributed by atoms with Gasteiger partial charge in [-0.15, -0.1) is 0 Å². The first-order valence-corrected chi connectivity index (χ1v) is 6.42. The Kier molecular flexibility index (Phi) is 2.56. The maximum absolute atomic E-state index is 4.58. The van der Waals surface area contributed by atoms with Gasteiger partial charge < -0.3 is 4.98 Å². The van der Waals surface area contributed by atoms with Crippen LogP contribution in [0.2, 0.25) is 0 Å². The predicted octanol–water partition coefficient (Wildman–Crippen LogP) is 4.11. The van der Waals surface area contributed by atoms with Crippen LogP contribution in [0.25, 0.3) is 29.0 Å². The summed E-state index contributed by atoms with van der Waals surface area (Å²) in [4.78, 5) is 7.95. The monoisotopic (exact) mass is 251 g/mol. The van der Waals surface area contributed by atoms with Crippen molar-refractivity contribution in [3.8, 4) is 0 Å². The number of nitrogens with one attached hydrogen (secondary N) is 1. The molecule has 2 aromatic heterocycles. The van der Waals surface area contributed by atoms with Gasteiger partial charge in [-0.05, 0) is 56.2 Å². The number of aromatic amines is 1. The van der Waals surface area contributed by atoms with E-state index in [1.54, 1.807) is 6.08 Å². The van der Waals surface area contributed by atoms with Crippen molar-refractivity contribution in [1.82, 2.24) is 14.4 Å². The Morgan fingerprint density at radius 1 is 1.26 bits per heavy atom. The largest absolute Gasteiger partial charge is 0.323 e. The maximum atomic E-state index is 4.58. The van der Waals surface area contributed by atoms with Gasteiger partial charge >= 0.3 is 0 Å². The Balaban J connectivity index is 2.49. The molecular weight excluding hydrogens is 234 g/mol. The summed E-state index contributed by atoms with van der Waals surface area (Å²) >= 11 is 0. The van der Waals surface area contributed by atoms with Crippen LogP contribution in [0.1, 0.15) is 29.4 Å². The van der Waals surface area contributed by atoms with Gasteiger partial charge in [0.25, 0.3) is 0 Å². The van der Waals surface area contributed by atoms with Gasteiger partial charge in [0.1, 0.15) is 0 Å². The standard InChI is InChI=1S/C16H17N3/c1-5-7-14-12(6-2)17-16-18-13-8-10(3)11(4)9-15(13)19(14)16/h5-9H,2H2,1,3-4H3,(H,17,18)/b7-5-. The van der Waals surface area contributed by atoms with E-state index in [1.807, 2.05) is 13.0 Å². The molecule has 0 aliphatic heterocycles. The number of hydrogen-bond acceptors (Lipinski definition) is 1. The first-order valence-electron chi connectivity index (χ1n) is 6.42. The number of H-pyrrole nitrogens is 1. The number of imidazole rings is 2. The minimum Gasteiger partial charge on any atom is -0.323 e. The second kappa shape index (κ2) is 4.12. The zero-order valence-corrected chi connectivity index (χ0v) is 11.5. The molecule has 0 saturated carbocycles. The van der Waals surface area contributed by atoms with Crippen LogP contribution in [0, 0.1) is 13.8 Å². The second-order valence-electron chi connectivity index (χ2n) is 4.82. The van der Waals surface area contributed by atoms with Gasteiger partial charge in [-0.2, -0.15) is 0 Å². The first-order chi connectivity index (χ1) is 9.15. The van der Waals surface area contributed by atoms with Gasteiger partial charge in [0, 0.05) is 0 Å². The van der Waals surface area contributed by atoms with E-state index in [4.69, 9.17) is 0 Å². The number of allylic oxidation sites excluding steroid dienone is 1. The molecule has 0 atom stereocenters. The van der Waals surface area contributed by atoms with Crippen molar-refractivity contribution >= 4 is 29.0 Å². The number of aryl methyl sites for hydroxylation is 2. The highest BCUT2D eigenvalue weighted by atomic mass is 15.1. The third-order valence-electron chi connectivity index (χ3n) is 3.56. The molecule has 3 aromatic rings. The van der Waals surface area contributed by atoms with E-state index in [0.29, 0.717) is 0 Å². The molecule has 0 bridgehead atoms. The Morgan fingerprint density at radius 3 is 2.68 bits per heavy atom. The van der Waals surface area contributed by atoms with Crippen molar-refractivity contribution in [3.63, 3.8) is 0 Å². The van der Waals surface area contributed by atoms with Crippen molar-refractivity contribution in [2.24, 2.45) is 0 Å². The van der Waals surface area contributed by atoms with Gasteiger partial charge in [0.05, 0.1) is 22.4 Å². The topological polar surface area (TPSA) is 33.1 Å². The highest BCUT2D eigenvalue weighted by Gasteiger charge is 2.13. The molecule has 0 amide bonds. The Morgan fingerprint density at radius 2 is 2.00 bits per heavy atom. The Hall–Kier alpha value is -2.29. The molecule has 0 saturated heterocycles. The van der Waals surface area contributed by atoms with E-state index in [2.05, 4.69) is 53.0 Å². The lowest BCUT2D eigenvalue weighted by atomic mass is 10.1. The molecule has 0 spiro atoms. The fraction of sp³-hybridized carbons (Fsp3) is 0.188. The van der Waals surface area contributed by atoms with Crippen LogP contribution in [0.3, 0.4) is 0 Å². The minimum absolute atomic E-state index is 0.864. The van der Waals surface area contributed by atoms with Gasteiger partial charge in [-0.25, -0.2) is 4.98 Å². The number of benzene rings is 1. The van der Waals surface area contributed by atoms with Gasteiger partial charge in [-0.1, -0.05) is 12.7 Å². The van der Waals surface area contributed by atoms with Crippen molar-refractivity contribution in [1.29, 1.82) is 0 Å². The Labute approximate surface area is 112 Å². The molecule has 3 rings (SSSR count). The molecular formula is C16H17N3. The van der Waals surface area contributed by atoms with Crippen molar-refractivity contribution < 1.29 is 0 Å². The van der Waals surface area contributed by atoms with Gasteiger partial charge in [0.2, 0.25) is 5.78 Å². The summed E-state index contributed by atoms with van der Waals surface area (Å²) in [6, 6.07) is 4.38. The van der Waals surface area contributed by atoms with Gasteiger partial charge in [0.15, 0.2) is 0 Å². The lowest BCUT2D eigenvalue weighted by Gasteiger charge is -2.01. The van der Waals surface area contributed by atoms with Crippen molar-refractivity contribution in [2.75, 3.05) is 0 Å². The van der Waals surface area contributed by atoms with E-state index in [9.17, 15) is 0 Å². The first kappa shape index (κ1) is 11.8. The summed E-state index contributed by atoms with van der Waals surface area (Å²) in [5.41, 5.74) is 6.83. The third-order valence-corrected chi connectivity index (χ3v) is 3.56. The molecule has 0 aliphatic carbocycles. The normalized spacial score (nSPS) is 11.9. The quantitative estimate of drug-likeness (QED) is 0.730. The van der Waals surface area contributed by atoms with E-state index >= 15 is 0 Å². The molecule has 19 heavy (non-hydrogen) atoms. The SMILES string of the molecule is C=Cc1nc2[nH]c3cc(C)c(C)cc3n2c1/C=C\C. The van der Waals surface area contributed by atoms with Crippen LogP contribution < -0.4 is 0 Å². The number of nitrogens with zero attached hydrogens (tertiary/aromatic N) is 2. The van der Waals surface area contributed by atoms with E-state index < -0.39 is 0 Å². The number of rotatable bonds is 2. The molecule has 0 unspecified atom stereocenters. The predicted molar refractivity (Wildman–Crippen MR) is 81.3 cm³/mol. The summed E-state index contributed by atoms with van der Waals surface area (Å²) in [5, 5.41) is 0. The summed E-state index contributed by atoms with van der Waals surface area (Å²) < 4.78 is 2.15. The van der Waals surface area contributed by atoms with E-state index in [0.717, 1.165) is 28.2 Å². The van der Waals surface area contributed by atoms with E-state index in [1.165, 1.54) is 11.1 Å². The molecule has 3 nitrogen and oxygen atoms in total. The summed E-state index contributed by atoms with van der Waals surface area (Å²) in [7, 11) is 0. The number of fused-ring (bicyclic) bond motifs is 3. The van der Waals surface area contributed by atoms with Crippen LogP contribution >= 0.6 is 0 Å².